The molecule has 1 rings (SSSR count). The van der Waals surface area contributed by atoms with Crippen molar-refractivity contribution in [3.05, 3.63) is 0 Å². The van der Waals surface area contributed by atoms with Crippen LogP contribution < -0.4 is 16.0 Å². The second-order valence-electron chi connectivity index (χ2n) is 6.81. The highest BCUT2D eigenvalue weighted by atomic mass is 16.5. The molecule has 0 aromatic rings. The van der Waals surface area contributed by atoms with Crippen molar-refractivity contribution in [2.75, 3.05) is 33.8 Å². The summed E-state index contributed by atoms with van der Waals surface area (Å²) in [6, 6.07) is -0.259. The lowest BCUT2D eigenvalue weighted by molar-refractivity contribution is -0.129. The molecule has 0 unspecified atom stereocenters. The summed E-state index contributed by atoms with van der Waals surface area (Å²) in [6.07, 6.45) is 1.80. The molecule has 0 bridgehead atoms. The van der Waals surface area contributed by atoms with Crippen LogP contribution in [0.3, 0.4) is 0 Å². The molecule has 24 heavy (non-hydrogen) atoms. The Kier molecular flexibility index (Phi) is 9.02. The number of rotatable bonds is 8. The van der Waals surface area contributed by atoms with Crippen LogP contribution in [0.25, 0.3) is 0 Å². The highest BCUT2D eigenvalue weighted by Crippen LogP contribution is 2.21. The van der Waals surface area contributed by atoms with E-state index in [1.165, 1.54) is 0 Å². The van der Waals surface area contributed by atoms with Crippen molar-refractivity contribution in [1.29, 1.82) is 0 Å². The standard InChI is InChI=1S/C16H32N4O4/c1-11(2)18-16(23)17-8-7-12-5-6-13(14(10-21)24-12)19-15(22)9-20(3)4/h11-14,21H,5-10H2,1-4H3,(H,19,22)(H2,17,18,23)/t12-,13-,14-/m1/s1. The van der Waals surface area contributed by atoms with Gasteiger partial charge in [0, 0.05) is 12.6 Å². The molecule has 8 heteroatoms. The zero-order chi connectivity index (χ0) is 18.1. The van der Waals surface area contributed by atoms with Gasteiger partial charge in [-0.15, -0.1) is 0 Å². The summed E-state index contributed by atoms with van der Waals surface area (Å²) in [6.45, 7) is 4.50. The normalized spacial score (nSPS) is 24.0. The van der Waals surface area contributed by atoms with Gasteiger partial charge in [0.1, 0.15) is 6.10 Å². The van der Waals surface area contributed by atoms with Crippen molar-refractivity contribution < 1.29 is 19.4 Å². The molecule has 1 saturated heterocycles. The molecule has 0 aliphatic carbocycles. The first kappa shape index (κ1) is 20.7. The van der Waals surface area contributed by atoms with E-state index in [1.807, 2.05) is 27.9 Å². The molecule has 1 heterocycles. The first-order valence-corrected chi connectivity index (χ1v) is 8.56. The van der Waals surface area contributed by atoms with Gasteiger partial charge >= 0.3 is 6.03 Å². The molecule has 3 atom stereocenters. The molecule has 1 fully saturated rings. The van der Waals surface area contributed by atoms with E-state index >= 15 is 0 Å². The van der Waals surface area contributed by atoms with Crippen LogP contribution >= 0.6 is 0 Å². The van der Waals surface area contributed by atoms with Crippen LogP contribution in [0.4, 0.5) is 4.79 Å². The lowest BCUT2D eigenvalue weighted by Gasteiger charge is -2.36. The SMILES string of the molecule is CC(C)NC(=O)NCC[C@H]1CC[C@@H](NC(=O)CN(C)C)[C@@H](CO)O1. The maximum atomic E-state index is 11.9. The van der Waals surface area contributed by atoms with Crippen molar-refractivity contribution in [2.45, 2.75) is 57.4 Å². The van der Waals surface area contributed by atoms with E-state index in [-0.39, 0.29) is 36.7 Å². The highest BCUT2D eigenvalue weighted by Gasteiger charge is 2.31. The lowest BCUT2D eigenvalue weighted by Crippen LogP contribution is -2.52. The smallest absolute Gasteiger partial charge is 0.314 e. The van der Waals surface area contributed by atoms with E-state index in [0.29, 0.717) is 19.5 Å². The quantitative estimate of drug-likeness (QED) is 0.483. The largest absolute Gasteiger partial charge is 0.394 e. The van der Waals surface area contributed by atoms with Gasteiger partial charge in [-0.1, -0.05) is 0 Å². The molecule has 3 amide bonds. The van der Waals surface area contributed by atoms with E-state index in [1.54, 1.807) is 4.90 Å². The molecule has 4 N–H and O–H groups in total. The first-order chi connectivity index (χ1) is 11.3. The summed E-state index contributed by atoms with van der Waals surface area (Å²) in [7, 11) is 3.66. The van der Waals surface area contributed by atoms with Gasteiger partial charge in [-0.05, 0) is 47.2 Å². The van der Waals surface area contributed by atoms with Crippen LogP contribution in [-0.2, 0) is 9.53 Å². The minimum atomic E-state index is -0.403. The monoisotopic (exact) mass is 344 g/mol. The number of nitrogens with one attached hydrogen (secondary N) is 3. The van der Waals surface area contributed by atoms with Crippen molar-refractivity contribution in [1.82, 2.24) is 20.9 Å². The minimum Gasteiger partial charge on any atom is -0.394 e. The molecule has 140 valence electrons. The number of carbonyl (C=O) groups excluding carboxylic acids is 2. The van der Waals surface area contributed by atoms with Gasteiger partial charge in [0.2, 0.25) is 5.91 Å². The highest BCUT2D eigenvalue weighted by molar-refractivity contribution is 5.78. The fraction of sp³-hybridized carbons (Fsp3) is 0.875. The fourth-order valence-corrected chi connectivity index (χ4v) is 2.71. The van der Waals surface area contributed by atoms with Crippen LogP contribution in [0.5, 0.6) is 0 Å². The van der Waals surface area contributed by atoms with Gasteiger partial charge < -0.3 is 30.7 Å². The maximum Gasteiger partial charge on any atom is 0.314 e. The summed E-state index contributed by atoms with van der Waals surface area (Å²) < 4.78 is 5.87. The maximum absolute atomic E-state index is 11.9. The lowest BCUT2D eigenvalue weighted by atomic mass is 9.97. The van der Waals surface area contributed by atoms with E-state index < -0.39 is 6.10 Å². The van der Waals surface area contributed by atoms with Crippen molar-refractivity contribution in [3.63, 3.8) is 0 Å². The molecule has 0 radical (unpaired) electrons. The van der Waals surface area contributed by atoms with Crippen LogP contribution in [0.2, 0.25) is 0 Å². The molecule has 0 spiro atoms. The Bertz CT molecular complexity index is 404. The number of amides is 3. The Labute approximate surface area is 144 Å². The zero-order valence-corrected chi connectivity index (χ0v) is 15.2. The van der Waals surface area contributed by atoms with E-state index in [2.05, 4.69) is 16.0 Å². The Balaban J connectivity index is 2.33. The molecular formula is C16H32N4O4. The van der Waals surface area contributed by atoms with Gasteiger partial charge in [-0.25, -0.2) is 4.79 Å². The third kappa shape index (κ3) is 7.94. The number of urea groups is 1. The summed E-state index contributed by atoms with van der Waals surface area (Å²) in [5, 5.41) is 18.0. The van der Waals surface area contributed by atoms with E-state index in [0.717, 1.165) is 12.8 Å². The Hall–Kier alpha value is -1.38. The minimum absolute atomic E-state index is 0.0245. The average Bonchev–Trinajstić information content (AvgIpc) is 2.46. The molecule has 8 nitrogen and oxygen atoms in total. The van der Waals surface area contributed by atoms with E-state index in [9.17, 15) is 14.7 Å². The van der Waals surface area contributed by atoms with Gasteiger partial charge in [-0.2, -0.15) is 0 Å². The average molecular weight is 344 g/mol. The zero-order valence-electron chi connectivity index (χ0n) is 15.2. The fourth-order valence-electron chi connectivity index (χ4n) is 2.71. The molecular weight excluding hydrogens is 312 g/mol. The number of aliphatic hydroxyl groups is 1. The second kappa shape index (κ2) is 10.5. The number of aliphatic hydroxyl groups excluding tert-OH is 1. The third-order valence-electron chi connectivity index (χ3n) is 3.77. The Morgan fingerprint density at radius 2 is 2.00 bits per heavy atom. The van der Waals surface area contributed by atoms with Gasteiger partial charge in [0.05, 0.1) is 25.3 Å². The van der Waals surface area contributed by atoms with Crippen LogP contribution in [0.1, 0.15) is 33.1 Å². The van der Waals surface area contributed by atoms with E-state index in [4.69, 9.17) is 4.74 Å². The summed E-state index contributed by atoms with van der Waals surface area (Å²) in [5.74, 6) is -0.0717. The van der Waals surface area contributed by atoms with Gasteiger partial charge in [0.15, 0.2) is 0 Å². The second-order valence-corrected chi connectivity index (χ2v) is 6.81. The molecule has 1 aliphatic rings. The number of nitrogens with zero attached hydrogens (tertiary/aromatic N) is 1. The number of carbonyl (C=O) groups is 2. The number of hydrogen-bond donors (Lipinski definition) is 4. The predicted molar refractivity (Wildman–Crippen MR) is 91.8 cm³/mol. The molecule has 0 aromatic carbocycles. The summed E-state index contributed by atoms with van der Waals surface area (Å²) in [5.41, 5.74) is 0. The summed E-state index contributed by atoms with van der Waals surface area (Å²) >= 11 is 0. The number of hydrogen-bond acceptors (Lipinski definition) is 5. The van der Waals surface area contributed by atoms with Crippen LogP contribution in [0.15, 0.2) is 0 Å². The topological polar surface area (TPSA) is 103 Å². The van der Waals surface area contributed by atoms with Gasteiger partial charge in [0.25, 0.3) is 0 Å². The third-order valence-corrected chi connectivity index (χ3v) is 3.77. The van der Waals surface area contributed by atoms with Crippen LogP contribution in [0, 0.1) is 0 Å². The van der Waals surface area contributed by atoms with Crippen molar-refractivity contribution in [3.8, 4) is 0 Å². The molecule has 0 saturated carbocycles. The predicted octanol–water partition coefficient (Wildman–Crippen LogP) is -0.330. The number of likely N-dealkylation sites (N-methyl/N-ethyl adjacent to an activating group) is 1. The Morgan fingerprint density at radius 3 is 2.58 bits per heavy atom. The molecule has 0 aromatic heterocycles. The van der Waals surface area contributed by atoms with Gasteiger partial charge in [-0.3, -0.25) is 4.79 Å². The van der Waals surface area contributed by atoms with Crippen molar-refractivity contribution in [2.24, 2.45) is 0 Å². The first-order valence-electron chi connectivity index (χ1n) is 8.56. The summed E-state index contributed by atoms with van der Waals surface area (Å²) in [4.78, 5) is 25.2. The number of ether oxygens (including phenoxy) is 1. The van der Waals surface area contributed by atoms with Crippen LogP contribution in [-0.4, -0.2) is 80.0 Å². The molecule has 1 aliphatic heterocycles. The van der Waals surface area contributed by atoms with Crippen molar-refractivity contribution >= 4 is 11.9 Å². The Morgan fingerprint density at radius 1 is 1.29 bits per heavy atom.